The molecular formula is C17H19N7O. The van der Waals surface area contributed by atoms with Gasteiger partial charge < -0.3 is 4.90 Å². The molecule has 0 bridgehead atoms. The van der Waals surface area contributed by atoms with E-state index in [0.717, 1.165) is 16.9 Å². The van der Waals surface area contributed by atoms with E-state index in [1.165, 1.54) is 0 Å². The van der Waals surface area contributed by atoms with Crippen molar-refractivity contribution in [3.63, 3.8) is 0 Å². The number of benzene rings is 1. The first-order valence-electron chi connectivity index (χ1n) is 8.13. The molecule has 1 amide bonds. The number of carbonyl (C=O) groups is 1. The van der Waals surface area contributed by atoms with Gasteiger partial charge in [0.05, 0.1) is 36.7 Å². The number of amides is 1. The molecular weight excluding hydrogens is 318 g/mol. The Labute approximate surface area is 145 Å². The molecule has 0 spiro atoms. The highest BCUT2D eigenvalue weighted by atomic mass is 16.2. The summed E-state index contributed by atoms with van der Waals surface area (Å²) >= 11 is 0. The number of hydrogen-bond acceptors (Lipinski definition) is 5. The summed E-state index contributed by atoms with van der Waals surface area (Å²) in [6.07, 6.45) is 3.39. The molecule has 4 rings (SSSR count). The van der Waals surface area contributed by atoms with Crippen molar-refractivity contribution in [3.8, 4) is 0 Å². The third-order valence-corrected chi connectivity index (χ3v) is 4.27. The van der Waals surface area contributed by atoms with Crippen LogP contribution in [0.2, 0.25) is 0 Å². The van der Waals surface area contributed by atoms with Crippen molar-refractivity contribution in [2.75, 3.05) is 4.90 Å². The van der Waals surface area contributed by atoms with Crippen LogP contribution >= 0.6 is 0 Å². The van der Waals surface area contributed by atoms with E-state index in [1.54, 1.807) is 22.0 Å². The second-order valence-electron chi connectivity index (χ2n) is 7.12. The zero-order valence-electron chi connectivity index (χ0n) is 14.4. The van der Waals surface area contributed by atoms with Crippen molar-refractivity contribution in [2.24, 2.45) is 0 Å². The Bertz CT molecular complexity index is 934. The third-order valence-electron chi connectivity index (χ3n) is 4.27. The standard InChI is InChI=1S/C17H19N7O/c1-17(2,3)24-11-14(19-21-24)16(25)22-10-13-8-18-20-23(13)9-12-6-4-5-7-15(12)22/h4-8,11H,9-10H2,1-3H3. The molecule has 0 fully saturated rings. The van der Waals surface area contributed by atoms with E-state index < -0.39 is 0 Å². The first-order valence-corrected chi connectivity index (χ1v) is 8.13. The van der Waals surface area contributed by atoms with Crippen molar-refractivity contribution in [2.45, 2.75) is 39.4 Å². The summed E-state index contributed by atoms with van der Waals surface area (Å²) in [5.74, 6) is -0.183. The predicted molar refractivity (Wildman–Crippen MR) is 91.1 cm³/mol. The van der Waals surface area contributed by atoms with Gasteiger partial charge in [0.25, 0.3) is 5.91 Å². The minimum Gasteiger partial charge on any atom is -0.301 e. The van der Waals surface area contributed by atoms with Gasteiger partial charge >= 0.3 is 0 Å². The lowest BCUT2D eigenvalue weighted by Gasteiger charge is -2.21. The summed E-state index contributed by atoms with van der Waals surface area (Å²) in [6, 6.07) is 7.83. The molecule has 3 aromatic rings. The van der Waals surface area contributed by atoms with Crippen molar-refractivity contribution >= 4 is 11.6 Å². The summed E-state index contributed by atoms with van der Waals surface area (Å²) in [5, 5.41) is 16.3. The Morgan fingerprint density at radius 3 is 2.68 bits per heavy atom. The lowest BCUT2D eigenvalue weighted by atomic mass is 10.1. The number of aromatic nitrogens is 6. The molecule has 0 unspecified atom stereocenters. The van der Waals surface area contributed by atoms with Crippen LogP contribution in [-0.2, 0) is 18.6 Å². The highest BCUT2D eigenvalue weighted by molar-refractivity contribution is 6.05. The first-order chi connectivity index (χ1) is 11.9. The van der Waals surface area contributed by atoms with E-state index in [4.69, 9.17) is 0 Å². The molecule has 0 aliphatic carbocycles. The van der Waals surface area contributed by atoms with Crippen LogP contribution in [0.25, 0.3) is 0 Å². The summed E-state index contributed by atoms with van der Waals surface area (Å²) in [6.45, 7) is 7.03. The summed E-state index contributed by atoms with van der Waals surface area (Å²) in [7, 11) is 0. The topological polar surface area (TPSA) is 81.7 Å². The van der Waals surface area contributed by atoms with Crippen LogP contribution in [0.5, 0.6) is 0 Å². The minimum atomic E-state index is -0.231. The summed E-state index contributed by atoms with van der Waals surface area (Å²) in [5.41, 5.74) is 2.86. The average Bonchev–Trinajstić information content (AvgIpc) is 3.20. The molecule has 0 N–H and O–H groups in total. The molecule has 8 nitrogen and oxygen atoms in total. The maximum Gasteiger partial charge on any atom is 0.280 e. The van der Waals surface area contributed by atoms with Gasteiger partial charge in [0.15, 0.2) is 5.69 Å². The Balaban J connectivity index is 1.76. The number of carbonyl (C=O) groups excluding carboxylic acids is 1. The van der Waals surface area contributed by atoms with Crippen LogP contribution in [0.3, 0.4) is 0 Å². The number of hydrogen-bond donors (Lipinski definition) is 0. The smallest absolute Gasteiger partial charge is 0.280 e. The van der Waals surface area contributed by atoms with Gasteiger partial charge in [-0.15, -0.1) is 10.2 Å². The van der Waals surface area contributed by atoms with Crippen LogP contribution in [0.4, 0.5) is 5.69 Å². The minimum absolute atomic E-state index is 0.183. The van der Waals surface area contributed by atoms with E-state index in [9.17, 15) is 4.79 Å². The molecule has 0 saturated heterocycles. The lowest BCUT2D eigenvalue weighted by Crippen LogP contribution is -2.31. The number of para-hydroxylation sites is 1. The van der Waals surface area contributed by atoms with Crippen molar-refractivity contribution < 1.29 is 4.79 Å². The zero-order chi connectivity index (χ0) is 17.6. The van der Waals surface area contributed by atoms with Crippen LogP contribution in [0.1, 0.15) is 42.5 Å². The molecule has 1 aliphatic heterocycles. The van der Waals surface area contributed by atoms with Gasteiger partial charge in [-0.2, -0.15) is 0 Å². The van der Waals surface area contributed by atoms with Crippen LogP contribution in [-0.4, -0.2) is 35.9 Å². The molecule has 0 saturated carbocycles. The average molecular weight is 337 g/mol. The maximum absolute atomic E-state index is 13.1. The van der Waals surface area contributed by atoms with Gasteiger partial charge in [0.1, 0.15) is 0 Å². The number of nitrogens with zero attached hydrogens (tertiary/aromatic N) is 7. The fourth-order valence-electron chi connectivity index (χ4n) is 2.86. The summed E-state index contributed by atoms with van der Waals surface area (Å²) in [4.78, 5) is 14.9. The van der Waals surface area contributed by atoms with Crippen LogP contribution in [0, 0.1) is 0 Å². The second-order valence-corrected chi connectivity index (χ2v) is 7.12. The Hall–Kier alpha value is -3.03. The van der Waals surface area contributed by atoms with Crippen LogP contribution in [0.15, 0.2) is 36.7 Å². The molecule has 3 heterocycles. The highest BCUT2D eigenvalue weighted by Gasteiger charge is 2.28. The lowest BCUT2D eigenvalue weighted by molar-refractivity contribution is 0.0980. The van der Waals surface area contributed by atoms with E-state index in [2.05, 4.69) is 20.6 Å². The molecule has 8 heteroatoms. The van der Waals surface area contributed by atoms with Gasteiger partial charge in [0, 0.05) is 5.69 Å². The Morgan fingerprint density at radius 1 is 1.12 bits per heavy atom. The van der Waals surface area contributed by atoms with E-state index in [1.807, 2.05) is 49.7 Å². The van der Waals surface area contributed by atoms with Crippen LogP contribution < -0.4 is 4.90 Å². The van der Waals surface area contributed by atoms with Gasteiger partial charge in [-0.25, -0.2) is 9.36 Å². The molecule has 128 valence electrons. The van der Waals surface area contributed by atoms with E-state index in [-0.39, 0.29) is 11.4 Å². The van der Waals surface area contributed by atoms with Gasteiger partial charge in [-0.1, -0.05) is 28.6 Å². The van der Waals surface area contributed by atoms with Gasteiger partial charge in [-0.3, -0.25) is 4.79 Å². The number of anilines is 1. The van der Waals surface area contributed by atoms with Crippen molar-refractivity contribution in [1.29, 1.82) is 0 Å². The number of fused-ring (bicyclic) bond motifs is 2. The number of rotatable bonds is 1. The fraction of sp³-hybridized carbons (Fsp3) is 0.353. The van der Waals surface area contributed by atoms with Gasteiger partial charge in [0.2, 0.25) is 0 Å². The Kier molecular flexibility index (Phi) is 3.41. The fourth-order valence-corrected chi connectivity index (χ4v) is 2.86. The molecule has 0 radical (unpaired) electrons. The van der Waals surface area contributed by atoms with Crippen molar-refractivity contribution in [1.82, 2.24) is 30.0 Å². The Morgan fingerprint density at radius 2 is 1.92 bits per heavy atom. The van der Waals surface area contributed by atoms with Crippen molar-refractivity contribution in [3.05, 3.63) is 53.6 Å². The molecule has 2 aromatic heterocycles. The normalized spacial score (nSPS) is 14.0. The quantitative estimate of drug-likeness (QED) is 0.677. The van der Waals surface area contributed by atoms with E-state index in [0.29, 0.717) is 18.8 Å². The first kappa shape index (κ1) is 15.5. The predicted octanol–water partition coefficient (Wildman–Crippen LogP) is 1.83. The SMILES string of the molecule is CC(C)(C)n1cc(C(=O)N2Cc3cnnn3Cc3ccccc32)nn1. The maximum atomic E-state index is 13.1. The molecule has 0 atom stereocenters. The highest BCUT2D eigenvalue weighted by Crippen LogP contribution is 2.28. The second kappa shape index (κ2) is 5.51. The zero-order valence-corrected chi connectivity index (χ0v) is 14.4. The molecule has 1 aromatic carbocycles. The summed E-state index contributed by atoms with van der Waals surface area (Å²) < 4.78 is 3.52. The molecule has 1 aliphatic rings. The van der Waals surface area contributed by atoms with E-state index >= 15 is 0 Å². The molecule has 25 heavy (non-hydrogen) atoms. The van der Waals surface area contributed by atoms with Gasteiger partial charge in [-0.05, 0) is 32.4 Å². The third kappa shape index (κ3) is 2.69. The largest absolute Gasteiger partial charge is 0.301 e. The monoisotopic (exact) mass is 337 g/mol.